The lowest BCUT2D eigenvalue weighted by molar-refractivity contribution is 0.102. The van der Waals surface area contributed by atoms with Crippen molar-refractivity contribution in [1.82, 2.24) is 9.38 Å². The first-order valence-corrected chi connectivity index (χ1v) is 9.01. The SMILES string of the molecule is COc1ccc(C(=O)Nc2ccc(-c3cn4c(C)csc4n3)cc2)cc1. The van der Waals surface area contributed by atoms with Crippen molar-refractivity contribution in [3.05, 3.63) is 71.4 Å². The lowest BCUT2D eigenvalue weighted by atomic mass is 10.1. The van der Waals surface area contributed by atoms with Gasteiger partial charge in [0.2, 0.25) is 0 Å². The van der Waals surface area contributed by atoms with Crippen molar-refractivity contribution in [2.24, 2.45) is 0 Å². The Morgan fingerprint density at radius 2 is 1.85 bits per heavy atom. The number of nitrogens with zero attached hydrogens (tertiary/aromatic N) is 2. The summed E-state index contributed by atoms with van der Waals surface area (Å²) in [7, 11) is 1.60. The lowest BCUT2D eigenvalue weighted by Crippen LogP contribution is -2.11. The molecule has 0 aliphatic rings. The summed E-state index contributed by atoms with van der Waals surface area (Å²) in [5.74, 6) is 0.569. The molecule has 0 bridgehead atoms. The minimum Gasteiger partial charge on any atom is -0.497 e. The number of carbonyl (C=O) groups is 1. The summed E-state index contributed by atoms with van der Waals surface area (Å²) < 4.78 is 7.19. The molecule has 1 amide bonds. The van der Waals surface area contributed by atoms with Gasteiger partial charge in [0.25, 0.3) is 5.91 Å². The van der Waals surface area contributed by atoms with Crippen LogP contribution in [-0.4, -0.2) is 22.4 Å². The number of rotatable bonds is 4. The molecule has 2 heterocycles. The highest BCUT2D eigenvalue weighted by Gasteiger charge is 2.09. The van der Waals surface area contributed by atoms with E-state index in [0.717, 1.165) is 27.7 Å². The van der Waals surface area contributed by atoms with Crippen LogP contribution < -0.4 is 10.1 Å². The van der Waals surface area contributed by atoms with Crippen LogP contribution in [0.15, 0.2) is 60.1 Å². The van der Waals surface area contributed by atoms with E-state index in [1.807, 2.05) is 30.5 Å². The van der Waals surface area contributed by atoms with E-state index in [-0.39, 0.29) is 5.91 Å². The van der Waals surface area contributed by atoms with Gasteiger partial charge in [-0.1, -0.05) is 12.1 Å². The third kappa shape index (κ3) is 3.07. The van der Waals surface area contributed by atoms with Gasteiger partial charge in [-0.15, -0.1) is 11.3 Å². The highest BCUT2D eigenvalue weighted by molar-refractivity contribution is 7.15. The molecular weight excluding hydrogens is 346 g/mol. The number of nitrogens with one attached hydrogen (secondary N) is 1. The quantitative estimate of drug-likeness (QED) is 0.575. The summed E-state index contributed by atoms with van der Waals surface area (Å²) in [6, 6.07) is 14.7. The van der Waals surface area contributed by atoms with Gasteiger partial charge < -0.3 is 10.1 Å². The maximum atomic E-state index is 12.3. The Morgan fingerprint density at radius 1 is 1.12 bits per heavy atom. The summed E-state index contributed by atoms with van der Waals surface area (Å²) in [5, 5.41) is 4.99. The van der Waals surface area contributed by atoms with Gasteiger partial charge in [0, 0.05) is 34.1 Å². The summed E-state index contributed by atoms with van der Waals surface area (Å²) in [4.78, 5) is 17.9. The zero-order valence-electron chi connectivity index (χ0n) is 14.4. The molecule has 0 saturated heterocycles. The number of hydrogen-bond donors (Lipinski definition) is 1. The highest BCUT2D eigenvalue weighted by atomic mass is 32.1. The summed E-state index contributed by atoms with van der Waals surface area (Å²) in [5.41, 5.74) is 4.44. The van der Waals surface area contributed by atoms with Crippen LogP contribution in [0.4, 0.5) is 5.69 Å². The van der Waals surface area contributed by atoms with Crippen molar-refractivity contribution >= 4 is 27.9 Å². The monoisotopic (exact) mass is 363 g/mol. The Hall–Kier alpha value is -3.12. The molecule has 1 N–H and O–H groups in total. The van der Waals surface area contributed by atoms with Gasteiger partial charge in [-0.3, -0.25) is 9.20 Å². The number of ether oxygens (including phenoxy) is 1. The molecule has 2 aromatic heterocycles. The summed E-state index contributed by atoms with van der Waals surface area (Å²) in [6.45, 7) is 2.06. The van der Waals surface area contributed by atoms with Crippen molar-refractivity contribution in [3.8, 4) is 17.0 Å². The van der Waals surface area contributed by atoms with Crippen LogP contribution in [0, 0.1) is 6.92 Å². The average molecular weight is 363 g/mol. The molecule has 0 aliphatic carbocycles. The number of carbonyl (C=O) groups excluding carboxylic acids is 1. The molecule has 0 atom stereocenters. The zero-order chi connectivity index (χ0) is 18.1. The first kappa shape index (κ1) is 16.4. The molecule has 4 aromatic rings. The van der Waals surface area contributed by atoms with Crippen molar-refractivity contribution in [1.29, 1.82) is 0 Å². The fraction of sp³-hybridized carbons (Fsp3) is 0.100. The van der Waals surface area contributed by atoms with Gasteiger partial charge in [0.05, 0.1) is 12.8 Å². The Morgan fingerprint density at radius 3 is 2.50 bits per heavy atom. The van der Waals surface area contributed by atoms with E-state index in [2.05, 4.69) is 27.0 Å². The third-order valence-electron chi connectivity index (χ3n) is 4.18. The van der Waals surface area contributed by atoms with Crippen LogP contribution in [-0.2, 0) is 0 Å². The van der Waals surface area contributed by atoms with E-state index < -0.39 is 0 Å². The van der Waals surface area contributed by atoms with Crippen molar-refractivity contribution in [2.45, 2.75) is 6.92 Å². The van der Waals surface area contributed by atoms with E-state index in [9.17, 15) is 4.79 Å². The van der Waals surface area contributed by atoms with Crippen LogP contribution in [0.3, 0.4) is 0 Å². The minimum absolute atomic E-state index is 0.154. The van der Waals surface area contributed by atoms with E-state index in [4.69, 9.17) is 4.74 Å². The van der Waals surface area contributed by atoms with Crippen molar-refractivity contribution in [2.75, 3.05) is 12.4 Å². The molecule has 0 unspecified atom stereocenters. The molecule has 26 heavy (non-hydrogen) atoms. The van der Waals surface area contributed by atoms with Gasteiger partial charge in [-0.05, 0) is 43.3 Å². The normalized spacial score (nSPS) is 10.8. The van der Waals surface area contributed by atoms with Gasteiger partial charge in [-0.25, -0.2) is 4.98 Å². The zero-order valence-corrected chi connectivity index (χ0v) is 15.2. The predicted octanol–water partition coefficient (Wildman–Crippen LogP) is 4.63. The first-order chi connectivity index (χ1) is 12.6. The smallest absolute Gasteiger partial charge is 0.255 e. The molecule has 4 rings (SSSR count). The second-order valence-corrected chi connectivity index (χ2v) is 6.75. The number of anilines is 1. The predicted molar refractivity (Wildman–Crippen MR) is 104 cm³/mol. The number of fused-ring (bicyclic) bond motifs is 1. The fourth-order valence-electron chi connectivity index (χ4n) is 2.70. The van der Waals surface area contributed by atoms with Crippen LogP contribution >= 0.6 is 11.3 Å². The van der Waals surface area contributed by atoms with E-state index in [1.54, 1.807) is 42.7 Å². The first-order valence-electron chi connectivity index (χ1n) is 8.13. The largest absolute Gasteiger partial charge is 0.497 e. The topological polar surface area (TPSA) is 55.6 Å². The molecular formula is C20H17N3O2S. The van der Waals surface area contributed by atoms with E-state index in [0.29, 0.717) is 5.56 Å². The molecule has 6 heteroatoms. The van der Waals surface area contributed by atoms with Crippen LogP contribution in [0.25, 0.3) is 16.2 Å². The number of aromatic nitrogens is 2. The molecule has 0 spiro atoms. The van der Waals surface area contributed by atoms with Crippen molar-refractivity contribution < 1.29 is 9.53 Å². The van der Waals surface area contributed by atoms with Gasteiger partial charge >= 0.3 is 0 Å². The molecule has 0 radical (unpaired) electrons. The Bertz CT molecular complexity index is 1060. The van der Waals surface area contributed by atoms with Crippen LogP contribution in [0.2, 0.25) is 0 Å². The number of amides is 1. The second-order valence-electron chi connectivity index (χ2n) is 5.92. The van der Waals surface area contributed by atoms with Crippen molar-refractivity contribution in [3.63, 3.8) is 0 Å². The number of aryl methyl sites for hydroxylation is 1. The molecule has 5 nitrogen and oxygen atoms in total. The van der Waals surface area contributed by atoms with E-state index >= 15 is 0 Å². The third-order valence-corrected chi connectivity index (χ3v) is 5.14. The van der Waals surface area contributed by atoms with Gasteiger partial charge in [-0.2, -0.15) is 0 Å². The number of benzene rings is 2. The molecule has 0 fully saturated rings. The Balaban J connectivity index is 1.50. The summed E-state index contributed by atoms with van der Waals surface area (Å²) >= 11 is 1.63. The second kappa shape index (κ2) is 6.65. The minimum atomic E-state index is -0.154. The molecule has 130 valence electrons. The van der Waals surface area contributed by atoms with E-state index in [1.165, 1.54) is 5.69 Å². The van der Waals surface area contributed by atoms with Gasteiger partial charge in [0.1, 0.15) is 5.75 Å². The standard InChI is InChI=1S/C20H17N3O2S/c1-13-12-26-20-22-18(11-23(13)20)14-3-7-16(8-4-14)21-19(24)15-5-9-17(25-2)10-6-15/h3-12H,1-2H3,(H,21,24). The Labute approximate surface area is 154 Å². The maximum absolute atomic E-state index is 12.3. The molecule has 0 aliphatic heterocycles. The highest BCUT2D eigenvalue weighted by Crippen LogP contribution is 2.24. The molecule has 0 saturated carbocycles. The fourth-order valence-corrected chi connectivity index (χ4v) is 3.55. The van der Waals surface area contributed by atoms with Gasteiger partial charge in [0.15, 0.2) is 4.96 Å². The maximum Gasteiger partial charge on any atom is 0.255 e. The van der Waals surface area contributed by atoms with Crippen LogP contribution in [0.5, 0.6) is 5.75 Å². The number of methoxy groups -OCH3 is 1. The Kier molecular flexibility index (Phi) is 4.18. The van der Waals surface area contributed by atoms with Crippen LogP contribution in [0.1, 0.15) is 16.1 Å². The number of hydrogen-bond acceptors (Lipinski definition) is 4. The summed E-state index contributed by atoms with van der Waals surface area (Å²) in [6.07, 6.45) is 2.03. The average Bonchev–Trinajstić information content (AvgIpc) is 3.25. The number of imidazole rings is 1. The molecule has 2 aromatic carbocycles. The number of thiazole rings is 1. The lowest BCUT2D eigenvalue weighted by Gasteiger charge is -2.07.